The van der Waals surface area contributed by atoms with Crippen molar-refractivity contribution in [1.29, 1.82) is 0 Å². The van der Waals surface area contributed by atoms with Gasteiger partial charge >= 0.3 is 11.7 Å². The SMILES string of the molecule is CCC(C(=O)O)n1c(=O)c2ncccc2n(Cc2nsc3cc(C)cc(C)c23)c1=O. The first kappa shape index (κ1) is 20.0. The highest BCUT2D eigenvalue weighted by Crippen LogP contribution is 2.28. The Balaban J connectivity index is 2.01. The summed E-state index contributed by atoms with van der Waals surface area (Å²) in [5.41, 5.74) is 1.92. The minimum absolute atomic E-state index is 0.0592. The van der Waals surface area contributed by atoms with E-state index in [0.29, 0.717) is 11.2 Å². The molecule has 3 heterocycles. The Labute approximate surface area is 175 Å². The molecule has 1 N–H and O–H groups in total. The average molecular weight is 424 g/mol. The smallest absolute Gasteiger partial charge is 0.332 e. The van der Waals surface area contributed by atoms with E-state index in [0.717, 1.165) is 25.8 Å². The van der Waals surface area contributed by atoms with Crippen LogP contribution in [0.15, 0.2) is 40.1 Å². The number of pyridine rings is 1. The molecule has 1 atom stereocenters. The van der Waals surface area contributed by atoms with Crippen molar-refractivity contribution >= 4 is 38.6 Å². The highest BCUT2D eigenvalue weighted by atomic mass is 32.1. The lowest BCUT2D eigenvalue weighted by molar-refractivity contribution is -0.141. The van der Waals surface area contributed by atoms with Gasteiger partial charge in [0.2, 0.25) is 0 Å². The normalized spacial score (nSPS) is 12.5. The fraction of sp³-hybridized carbons (Fsp3) is 0.286. The number of carbonyl (C=O) groups is 1. The van der Waals surface area contributed by atoms with Gasteiger partial charge in [-0.05, 0) is 61.1 Å². The number of aliphatic carboxylic acids is 1. The van der Waals surface area contributed by atoms with Crippen LogP contribution in [0.1, 0.15) is 36.2 Å². The van der Waals surface area contributed by atoms with Crippen molar-refractivity contribution in [3.8, 4) is 0 Å². The largest absolute Gasteiger partial charge is 0.480 e. The minimum Gasteiger partial charge on any atom is -0.480 e. The van der Waals surface area contributed by atoms with Gasteiger partial charge in [-0.2, -0.15) is 4.37 Å². The maximum Gasteiger partial charge on any atom is 0.332 e. The standard InChI is InChI=1S/C21H20N4O4S/c1-4-14(20(27)28)25-19(26)18-15(6-5-7-22-18)24(21(25)29)10-13-17-12(3)8-11(2)9-16(17)30-23-13/h5-9,14H,4,10H2,1-3H3,(H,27,28). The molecule has 0 aliphatic carbocycles. The molecule has 3 aromatic heterocycles. The summed E-state index contributed by atoms with van der Waals surface area (Å²) in [5.74, 6) is -1.23. The molecule has 30 heavy (non-hydrogen) atoms. The molecule has 4 aromatic rings. The first-order chi connectivity index (χ1) is 14.3. The zero-order valence-corrected chi connectivity index (χ0v) is 17.6. The van der Waals surface area contributed by atoms with Crippen molar-refractivity contribution in [2.75, 3.05) is 0 Å². The van der Waals surface area contributed by atoms with Gasteiger partial charge in [-0.1, -0.05) is 13.0 Å². The molecular weight excluding hydrogens is 404 g/mol. The van der Waals surface area contributed by atoms with Crippen LogP contribution in [0.25, 0.3) is 21.1 Å². The Morgan fingerprint density at radius 3 is 2.73 bits per heavy atom. The molecule has 0 aliphatic heterocycles. The maximum atomic E-state index is 13.3. The van der Waals surface area contributed by atoms with Crippen molar-refractivity contribution in [2.45, 2.75) is 39.8 Å². The number of hydrogen-bond acceptors (Lipinski definition) is 6. The van der Waals surface area contributed by atoms with Gasteiger partial charge in [0.05, 0.1) is 22.5 Å². The van der Waals surface area contributed by atoms with E-state index in [9.17, 15) is 19.5 Å². The second-order valence-corrected chi connectivity index (χ2v) is 8.07. The summed E-state index contributed by atoms with van der Waals surface area (Å²) in [6.07, 6.45) is 1.55. The van der Waals surface area contributed by atoms with Gasteiger partial charge in [0.15, 0.2) is 5.52 Å². The van der Waals surface area contributed by atoms with Crippen molar-refractivity contribution in [2.24, 2.45) is 0 Å². The second-order valence-electron chi connectivity index (χ2n) is 7.26. The summed E-state index contributed by atoms with van der Waals surface area (Å²) in [5, 5.41) is 10.5. The molecule has 0 fully saturated rings. The van der Waals surface area contributed by atoms with E-state index in [-0.39, 0.29) is 18.5 Å². The third-order valence-corrected chi connectivity index (χ3v) is 6.04. The van der Waals surface area contributed by atoms with E-state index in [1.54, 1.807) is 19.1 Å². The number of carboxylic acids is 1. The van der Waals surface area contributed by atoms with E-state index in [4.69, 9.17) is 0 Å². The van der Waals surface area contributed by atoms with E-state index in [1.165, 1.54) is 22.3 Å². The van der Waals surface area contributed by atoms with E-state index in [2.05, 4.69) is 15.4 Å². The summed E-state index contributed by atoms with van der Waals surface area (Å²) < 4.78 is 7.75. The third-order valence-electron chi connectivity index (χ3n) is 5.21. The topological polar surface area (TPSA) is 107 Å². The van der Waals surface area contributed by atoms with E-state index >= 15 is 0 Å². The Hall–Kier alpha value is -3.33. The number of hydrogen-bond donors (Lipinski definition) is 1. The number of aryl methyl sites for hydroxylation is 2. The van der Waals surface area contributed by atoms with Gasteiger partial charge in [0, 0.05) is 11.6 Å². The van der Waals surface area contributed by atoms with Crippen LogP contribution in [0.2, 0.25) is 0 Å². The van der Waals surface area contributed by atoms with Crippen LogP contribution in [0.4, 0.5) is 0 Å². The lowest BCUT2D eigenvalue weighted by atomic mass is 10.1. The van der Waals surface area contributed by atoms with Crippen LogP contribution in [0.5, 0.6) is 0 Å². The molecule has 4 rings (SSSR count). The lowest BCUT2D eigenvalue weighted by Gasteiger charge is -2.17. The highest BCUT2D eigenvalue weighted by molar-refractivity contribution is 7.13. The first-order valence-electron chi connectivity index (χ1n) is 9.51. The molecular formula is C21H20N4O4S. The van der Waals surface area contributed by atoms with Crippen LogP contribution in [-0.2, 0) is 11.3 Å². The second kappa shape index (κ2) is 7.49. The Morgan fingerprint density at radius 2 is 2.03 bits per heavy atom. The zero-order chi connectivity index (χ0) is 21.6. The summed E-state index contributed by atoms with van der Waals surface area (Å²) in [6, 6.07) is 6.12. The molecule has 0 spiro atoms. The van der Waals surface area contributed by atoms with Crippen molar-refractivity contribution in [3.05, 3.63) is 68.1 Å². The predicted octanol–water partition coefficient (Wildman–Crippen LogP) is 2.87. The molecule has 0 saturated heterocycles. The van der Waals surface area contributed by atoms with Gasteiger partial charge in [-0.3, -0.25) is 9.36 Å². The number of fused-ring (bicyclic) bond motifs is 2. The van der Waals surface area contributed by atoms with E-state index < -0.39 is 23.3 Å². The van der Waals surface area contributed by atoms with E-state index in [1.807, 2.05) is 19.9 Å². The van der Waals surface area contributed by atoms with Gasteiger partial charge < -0.3 is 5.11 Å². The molecule has 1 unspecified atom stereocenters. The Bertz CT molecular complexity index is 1420. The van der Waals surface area contributed by atoms with Crippen LogP contribution >= 0.6 is 11.5 Å². The van der Waals surface area contributed by atoms with Gasteiger partial charge in [0.1, 0.15) is 6.04 Å². The summed E-state index contributed by atoms with van der Waals surface area (Å²) >= 11 is 1.35. The van der Waals surface area contributed by atoms with Crippen LogP contribution < -0.4 is 11.2 Å². The fourth-order valence-electron chi connectivity index (χ4n) is 3.89. The highest BCUT2D eigenvalue weighted by Gasteiger charge is 2.25. The molecule has 0 aliphatic rings. The number of nitrogens with zero attached hydrogens (tertiary/aromatic N) is 4. The molecule has 0 bridgehead atoms. The molecule has 0 saturated carbocycles. The fourth-order valence-corrected chi connectivity index (χ4v) is 4.85. The number of aromatic nitrogens is 4. The minimum atomic E-state index is -1.26. The quantitative estimate of drug-likeness (QED) is 0.528. The predicted molar refractivity (Wildman–Crippen MR) is 115 cm³/mol. The third kappa shape index (κ3) is 3.11. The number of carboxylic acid groups (broad SMARTS) is 1. The molecule has 8 nitrogen and oxygen atoms in total. The van der Waals surface area contributed by atoms with Gasteiger partial charge in [-0.25, -0.2) is 19.1 Å². The summed E-state index contributed by atoms with van der Waals surface area (Å²) in [4.78, 5) is 42.1. The van der Waals surface area contributed by atoms with Crippen molar-refractivity contribution in [1.82, 2.24) is 18.5 Å². The van der Waals surface area contributed by atoms with Crippen LogP contribution in [0, 0.1) is 13.8 Å². The molecule has 0 amide bonds. The molecule has 9 heteroatoms. The van der Waals surface area contributed by atoms with Crippen LogP contribution in [0.3, 0.4) is 0 Å². The number of benzene rings is 1. The molecule has 1 aromatic carbocycles. The molecule has 0 radical (unpaired) electrons. The van der Waals surface area contributed by atoms with Gasteiger partial charge in [0.25, 0.3) is 5.56 Å². The number of rotatable bonds is 5. The zero-order valence-electron chi connectivity index (χ0n) is 16.7. The Morgan fingerprint density at radius 1 is 1.27 bits per heavy atom. The monoisotopic (exact) mass is 424 g/mol. The molecule has 154 valence electrons. The first-order valence-corrected chi connectivity index (χ1v) is 10.3. The van der Waals surface area contributed by atoms with Crippen LogP contribution in [-0.4, -0.2) is 29.6 Å². The van der Waals surface area contributed by atoms with Gasteiger partial charge in [-0.15, -0.1) is 0 Å². The summed E-state index contributed by atoms with van der Waals surface area (Å²) in [6.45, 7) is 5.74. The average Bonchev–Trinajstić information content (AvgIpc) is 3.10. The van der Waals surface area contributed by atoms with Crippen molar-refractivity contribution in [3.63, 3.8) is 0 Å². The Kier molecular flexibility index (Phi) is 4.98. The van der Waals surface area contributed by atoms with Crippen molar-refractivity contribution < 1.29 is 9.90 Å². The lowest BCUT2D eigenvalue weighted by Crippen LogP contribution is -2.44. The maximum absolute atomic E-state index is 13.3. The summed E-state index contributed by atoms with van der Waals surface area (Å²) in [7, 11) is 0.